The minimum absolute atomic E-state index is 0.183. The van der Waals surface area contributed by atoms with E-state index in [0.29, 0.717) is 12.4 Å². The van der Waals surface area contributed by atoms with Gasteiger partial charge in [-0.25, -0.2) is 4.79 Å². The van der Waals surface area contributed by atoms with Crippen LogP contribution in [-0.4, -0.2) is 31.7 Å². The van der Waals surface area contributed by atoms with Gasteiger partial charge in [0.25, 0.3) is 5.91 Å². The summed E-state index contributed by atoms with van der Waals surface area (Å²) in [5, 5.41) is 5.23. The van der Waals surface area contributed by atoms with Crippen molar-refractivity contribution in [3.63, 3.8) is 0 Å². The fourth-order valence-electron chi connectivity index (χ4n) is 2.02. The molecule has 0 saturated heterocycles. The monoisotopic (exact) mass is 279 g/mol. The van der Waals surface area contributed by atoms with E-state index in [1.165, 1.54) is 0 Å². The zero-order valence-corrected chi connectivity index (χ0v) is 11.1. The van der Waals surface area contributed by atoms with Crippen LogP contribution in [-0.2, 0) is 4.79 Å². The van der Waals surface area contributed by atoms with Crippen LogP contribution in [0, 0.1) is 0 Å². The van der Waals surface area contributed by atoms with E-state index in [-0.39, 0.29) is 12.6 Å². The zero-order chi connectivity index (χ0) is 14.5. The first-order valence-corrected chi connectivity index (χ1v) is 6.32. The summed E-state index contributed by atoms with van der Waals surface area (Å²) >= 11 is 0. The minimum Gasteiger partial charge on any atom is -0.491 e. The molecule has 0 radical (unpaired) electrons. The lowest BCUT2D eigenvalue weighted by atomic mass is 10.1. The van der Waals surface area contributed by atoms with Crippen molar-refractivity contribution in [2.24, 2.45) is 5.73 Å². The number of nitrogens with two attached hydrogens (primary N) is 1. The Morgan fingerprint density at radius 2 is 2.30 bits per heavy atom. The highest BCUT2D eigenvalue weighted by atomic mass is 16.5. The Balaban J connectivity index is 1.95. The molecule has 1 aliphatic rings. The Morgan fingerprint density at radius 3 is 3.00 bits per heavy atom. The second kappa shape index (κ2) is 6.25. The summed E-state index contributed by atoms with van der Waals surface area (Å²) in [5.41, 5.74) is 5.90. The molecule has 1 atom stereocenters. The highest BCUT2D eigenvalue weighted by Crippen LogP contribution is 2.35. The topological polar surface area (TPSA) is 103 Å². The molecule has 1 aromatic rings. The minimum atomic E-state index is -0.899. The molecule has 1 aromatic carbocycles. The number of likely N-dealkylation sites (N-methyl/N-ethyl adjacent to an activating group) is 1. The van der Waals surface area contributed by atoms with Crippen LogP contribution in [0.2, 0.25) is 0 Å². The van der Waals surface area contributed by atoms with Gasteiger partial charge in [0.2, 0.25) is 0 Å². The van der Waals surface area contributed by atoms with Crippen LogP contribution in [0.4, 0.5) is 4.79 Å². The van der Waals surface area contributed by atoms with Gasteiger partial charge in [0.05, 0.1) is 6.04 Å². The highest BCUT2D eigenvalue weighted by molar-refractivity contribution is 5.94. The first kappa shape index (κ1) is 14.1. The maximum absolute atomic E-state index is 11.2. The number of carbonyl (C=O) groups excluding carboxylic acids is 2. The molecule has 0 spiro atoms. The van der Waals surface area contributed by atoms with Crippen molar-refractivity contribution in [2.75, 3.05) is 19.8 Å². The molecule has 20 heavy (non-hydrogen) atoms. The predicted octanol–water partition coefficient (Wildman–Crippen LogP) is 0.303. The lowest BCUT2D eigenvalue weighted by Gasteiger charge is -2.10. The van der Waals surface area contributed by atoms with Crippen LogP contribution in [0.15, 0.2) is 18.2 Å². The van der Waals surface area contributed by atoms with Gasteiger partial charge in [-0.1, -0.05) is 6.92 Å². The quantitative estimate of drug-likeness (QED) is 0.719. The Morgan fingerprint density at radius 1 is 1.50 bits per heavy atom. The summed E-state index contributed by atoms with van der Waals surface area (Å²) in [6.07, 6.45) is 0. The number of carbonyl (C=O) groups is 2. The number of benzene rings is 1. The first-order valence-electron chi connectivity index (χ1n) is 6.32. The number of ether oxygens (including phenoxy) is 2. The molecule has 4 N–H and O–H groups in total. The molecule has 1 aliphatic heterocycles. The normalized spacial score (nSPS) is 16.1. The van der Waals surface area contributed by atoms with Gasteiger partial charge in [0.15, 0.2) is 6.61 Å². The van der Waals surface area contributed by atoms with Crippen molar-refractivity contribution in [3.05, 3.63) is 23.8 Å². The van der Waals surface area contributed by atoms with E-state index in [1.54, 1.807) is 12.1 Å². The number of fused-ring (bicyclic) bond motifs is 1. The van der Waals surface area contributed by atoms with Gasteiger partial charge in [-0.3, -0.25) is 10.1 Å². The van der Waals surface area contributed by atoms with E-state index >= 15 is 0 Å². The van der Waals surface area contributed by atoms with Gasteiger partial charge >= 0.3 is 6.03 Å². The van der Waals surface area contributed by atoms with E-state index in [9.17, 15) is 9.59 Å². The van der Waals surface area contributed by atoms with Crippen molar-refractivity contribution >= 4 is 11.9 Å². The van der Waals surface area contributed by atoms with E-state index in [0.717, 1.165) is 17.9 Å². The van der Waals surface area contributed by atoms with Gasteiger partial charge in [-0.05, 0) is 18.7 Å². The lowest BCUT2D eigenvalue weighted by molar-refractivity contribution is -0.121. The Kier molecular flexibility index (Phi) is 4.41. The molecule has 7 heteroatoms. The molecule has 0 aromatic heterocycles. The summed E-state index contributed by atoms with van der Waals surface area (Å²) in [6, 6.07) is 4.67. The smallest absolute Gasteiger partial charge is 0.318 e. The van der Waals surface area contributed by atoms with Crippen LogP contribution < -0.4 is 25.8 Å². The first-order chi connectivity index (χ1) is 9.60. The van der Waals surface area contributed by atoms with Crippen LogP contribution >= 0.6 is 0 Å². The summed E-state index contributed by atoms with van der Waals surface area (Å²) in [5.74, 6) is 0.647. The number of hydrogen-bond donors (Lipinski definition) is 3. The molecule has 0 saturated carbocycles. The fourth-order valence-corrected chi connectivity index (χ4v) is 2.02. The molecule has 108 valence electrons. The second-order valence-electron chi connectivity index (χ2n) is 4.32. The Hall–Kier alpha value is -2.28. The Labute approximate surface area is 116 Å². The number of amides is 3. The molecule has 0 bridgehead atoms. The third kappa shape index (κ3) is 3.39. The van der Waals surface area contributed by atoms with Crippen molar-refractivity contribution in [1.82, 2.24) is 10.6 Å². The maximum Gasteiger partial charge on any atom is 0.318 e. The van der Waals surface area contributed by atoms with Gasteiger partial charge in [-0.15, -0.1) is 0 Å². The van der Waals surface area contributed by atoms with Crippen LogP contribution in [0.5, 0.6) is 11.5 Å². The number of imide groups is 1. The van der Waals surface area contributed by atoms with Crippen LogP contribution in [0.3, 0.4) is 0 Å². The summed E-state index contributed by atoms with van der Waals surface area (Å²) in [6.45, 7) is 3.19. The Bertz CT molecular complexity index is 518. The molecule has 1 unspecified atom stereocenters. The SMILES string of the molecule is CCNC1COc2cc(OCC(=O)NC(N)=O)ccc21. The maximum atomic E-state index is 11.2. The van der Waals surface area contributed by atoms with E-state index in [1.807, 2.05) is 18.3 Å². The van der Waals surface area contributed by atoms with Crippen molar-refractivity contribution in [3.8, 4) is 11.5 Å². The molecule has 0 fully saturated rings. The molecule has 3 amide bonds. The van der Waals surface area contributed by atoms with E-state index in [2.05, 4.69) is 5.32 Å². The molecule has 0 aliphatic carbocycles. The standard InChI is InChI=1S/C13H17N3O4/c1-2-15-10-6-20-11-5-8(3-4-9(10)11)19-7-12(17)16-13(14)18/h3-5,10,15H,2,6-7H2,1H3,(H3,14,16,17,18). The molecular weight excluding hydrogens is 262 g/mol. The number of primary amides is 1. The summed E-state index contributed by atoms with van der Waals surface area (Å²) in [7, 11) is 0. The summed E-state index contributed by atoms with van der Waals surface area (Å²) < 4.78 is 10.8. The van der Waals surface area contributed by atoms with Gasteiger partial charge in [0, 0.05) is 11.6 Å². The van der Waals surface area contributed by atoms with Gasteiger partial charge in [0.1, 0.15) is 18.1 Å². The van der Waals surface area contributed by atoms with E-state index < -0.39 is 11.9 Å². The third-order valence-electron chi connectivity index (χ3n) is 2.85. The lowest BCUT2D eigenvalue weighted by Crippen LogP contribution is -2.38. The molecular formula is C13H17N3O4. The van der Waals surface area contributed by atoms with Crippen molar-refractivity contribution in [2.45, 2.75) is 13.0 Å². The average Bonchev–Trinajstić information content (AvgIpc) is 2.79. The number of hydrogen-bond acceptors (Lipinski definition) is 5. The number of nitrogens with one attached hydrogen (secondary N) is 2. The number of urea groups is 1. The van der Waals surface area contributed by atoms with Crippen molar-refractivity contribution < 1.29 is 19.1 Å². The van der Waals surface area contributed by atoms with E-state index in [4.69, 9.17) is 15.2 Å². The van der Waals surface area contributed by atoms with Crippen LogP contribution in [0.1, 0.15) is 18.5 Å². The molecule has 1 heterocycles. The largest absolute Gasteiger partial charge is 0.491 e. The number of rotatable bonds is 5. The van der Waals surface area contributed by atoms with Gasteiger partial charge in [-0.2, -0.15) is 0 Å². The summed E-state index contributed by atoms with van der Waals surface area (Å²) in [4.78, 5) is 21.7. The fraction of sp³-hybridized carbons (Fsp3) is 0.385. The van der Waals surface area contributed by atoms with Gasteiger partial charge < -0.3 is 20.5 Å². The zero-order valence-electron chi connectivity index (χ0n) is 11.1. The van der Waals surface area contributed by atoms with Crippen molar-refractivity contribution in [1.29, 1.82) is 0 Å². The molecule has 7 nitrogen and oxygen atoms in total. The third-order valence-corrected chi connectivity index (χ3v) is 2.85. The highest BCUT2D eigenvalue weighted by Gasteiger charge is 2.23. The predicted molar refractivity (Wildman–Crippen MR) is 71.6 cm³/mol. The molecule has 2 rings (SSSR count). The average molecular weight is 279 g/mol. The van der Waals surface area contributed by atoms with Crippen LogP contribution in [0.25, 0.3) is 0 Å². The second-order valence-corrected chi connectivity index (χ2v) is 4.32.